The maximum atomic E-state index is 14.0. The number of carbonyl (C=O) groups is 2. The van der Waals surface area contributed by atoms with E-state index in [9.17, 15) is 33.7 Å². The molecule has 1 amide bonds. The molecule has 4 aromatic rings. The van der Waals surface area contributed by atoms with Crippen molar-refractivity contribution in [1.29, 1.82) is 0 Å². The fourth-order valence-corrected chi connectivity index (χ4v) is 5.22. The molecule has 0 bridgehead atoms. The molecular formula is C33H33F2N2O5-. The molecule has 0 fully saturated rings. The van der Waals surface area contributed by atoms with Crippen LogP contribution >= 0.6 is 0 Å². The molecule has 1 heterocycles. The predicted octanol–water partition coefficient (Wildman–Crippen LogP) is 5.12. The topological polar surface area (TPSA) is 115 Å². The van der Waals surface area contributed by atoms with E-state index in [0.29, 0.717) is 33.8 Å². The number of aliphatic carboxylic acids is 1. The van der Waals surface area contributed by atoms with Crippen LogP contribution in [0, 0.1) is 11.6 Å². The highest BCUT2D eigenvalue weighted by Gasteiger charge is 2.30. The fraction of sp³-hybridized carbons (Fsp3) is 0.273. The molecule has 0 aliphatic carbocycles. The van der Waals surface area contributed by atoms with Gasteiger partial charge < -0.3 is 30.0 Å². The number of aliphatic hydroxyl groups is 2. The van der Waals surface area contributed by atoms with E-state index in [1.807, 2.05) is 48.7 Å². The predicted molar refractivity (Wildman–Crippen MR) is 155 cm³/mol. The zero-order valence-electron chi connectivity index (χ0n) is 23.4. The van der Waals surface area contributed by atoms with Gasteiger partial charge in [-0.3, -0.25) is 4.79 Å². The number of carboxylic acid groups (broad SMARTS) is 1. The Hall–Kier alpha value is -4.34. The molecule has 0 aliphatic heterocycles. The number of aromatic nitrogens is 1. The van der Waals surface area contributed by atoms with Gasteiger partial charge in [0.15, 0.2) is 0 Å². The lowest BCUT2D eigenvalue weighted by molar-refractivity contribution is -0.307. The highest BCUT2D eigenvalue weighted by Crippen LogP contribution is 2.43. The van der Waals surface area contributed by atoms with Crippen LogP contribution in [0.4, 0.5) is 14.5 Å². The minimum Gasteiger partial charge on any atom is -0.550 e. The SMILES string of the molecule is CC(C)n1c(CCC(O)C[C@@H](O)CC(=O)[O-])c(-c2ccc(F)cc2)c(-c2ccccc2)c1C(=O)Nc1ccc(F)cc1. The summed E-state index contributed by atoms with van der Waals surface area (Å²) in [7, 11) is 0. The first kappa shape index (κ1) is 30.6. The lowest BCUT2D eigenvalue weighted by atomic mass is 9.92. The molecule has 2 atom stereocenters. The van der Waals surface area contributed by atoms with Gasteiger partial charge in [-0.25, -0.2) is 8.78 Å². The summed E-state index contributed by atoms with van der Waals surface area (Å²) < 4.78 is 29.4. The minimum absolute atomic E-state index is 0.155. The number of nitrogens with one attached hydrogen (secondary N) is 1. The number of carboxylic acids is 1. The lowest BCUT2D eigenvalue weighted by Gasteiger charge is -2.20. The molecule has 9 heteroatoms. The molecule has 220 valence electrons. The molecule has 0 saturated carbocycles. The Kier molecular flexibility index (Phi) is 9.88. The lowest BCUT2D eigenvalue weighted by Crippen LogP contribution is -2.29. The first-order chi connectivity index (χ1) is 20.0. The average molecular weight is 576 g/mol. The van der Waals surface area contributed by atoms with Gasteiger partial charge in [0, 0.05) is 40.9 Å². The Balaban J connectivity index is 1.89. The molecule has 0 radical (unpaired) electrons. The molecule has 4 rings (SSSR count). The van der Waals surface area contributed by atoms with Crippen LogP contribution in [0.15, 0.2) is 78.9 Å². The molecule has 3 aromatic carbocycles. The molecular weight excluding hydrogens is 542 g/mol. The van der Waals surface area contributed by atoms with Crippen LogP contribution in [-0.4, -0.2) is 38.9 Å². The van der Waals surface area contributed by atoms with Crippen LogP contribution in [0.25, 0.3) is 22.3 Å². The van der Waals surface area contributed by atoms with Crippen molar-refractivity contribution < 1.29 is 33.7 Å². The van der Waals surface area contributed by atoms with E-state index >= 15 is 0 Å². The van der Waals surface area contributed by atoms with Crippen molar-refractivity contribution in [3.8, 4) is 22.3 Å². The van der Waals surface area contributed by atoms with Crippen molar-refractivity contribution >= 4 is 17.6 Å². The fourth-order valence-electron chi connectivity index (χ4n) is 5.22. The number of rotatable bonds is 12. The molecule has 0 spiro atoms. The molecule has 7 nitrogen and oxygen atoms in total. The highest BCUT2D eigenvalue weighted by atomic mass is 19.1. The van der Waals surface area contributed by atoms with Crippen LogP contribution in [0.2, 0.25) is 0 Å². The van der Waals surface area contributed by atoms with Crippen LogP contribution in [0.5, 0.6) is 0 Å². The smallest absolute Gasteiger partial charge is 0.272 e. The molecule has 3 N–H and O–H groups in total. The van der Waals surface area contributed by atoms with Gasteiger partial charge in [0.1, 0.15) is 17.3 Å². The van der Waals surface area contributed by atoms with E-state index in [1.54, 1.807) is 12.1 Å². The van der Waals surface area contributed by atoms with Crippen LogP contribution in [-0.2, 0) is 11.2 Å². The first-order valence-electron chi connectivity index (χ1n) is 13.8. The van der Waals surface area contributed by atoms with Crippen LogP contribution < -0.4 is 10.4 Å². The van der Waals surface area contributed by atoms with Gasteiger partial charge in [-0.05, 0) is 80.6 Å². The van der Waals surface area contributed by atoms with Crippen molar-refractivity contribution in [2.45, 2.75) is 57.8 Å². The van der Waals surface area contributed by atoms with Crippen molar-refractivity contribution in [2.24, 2.45) is 0 Å². The monoisotopic (exact) mass is 575 g/mol. The third-order valence-electron chi connectivity index (χ3n) is 7.00. The minimum atomic E-state index is -1.41. The van der Waals surface area contributed by atoms with E-state index < -0.39 is 42.1 Å². The Morgan fingerprint density at radius 1 is 0.833 bits per heavy atom. The van der Waals surface area contributed by atoms with Gasteiger partial charge in [0.25, 0.3) is 5.91 Å². The van der Waals surface area contributed by atoms with Crippen LogP contribution in [0.3, 0.4) is 0 Å². The molecule has 0 saturated heterocycles. The number of nitrogens with zero attached hydrogens (tertiary/aromatic N) is 1. The van der Waals surface area contributed by atoms with Crippen LogP contribution in [0.1, 0.15) is 55.3 Å². The van der Waals surface area contributed by atoms with E-state index in [-0.39, 0.29) is 25.3 Å². The number of benzene rings is 3. The van der Waals surface area contributed by atoms with Gasteiger partial charge in [-0.2, -0.15) is 0 Å². The van der Waals surface area contributed by atoms with Gasteiger partial charge in [0.05, 0.1) is 12.2 Å². The summed E-state index contributed by atoms with van der Waals surface area (Å²) in [5.41, 5.74) is 4.13. The molecule has 0 aliphatic rings. The summed E-state index contributed by atoms with van der Waals surface area (Å²) in [5, 5.41) is 34.4. The summed E-state index contributed by atoms with van der Waals surface area (Å²) in [6.07, 6.45) is -2.64. The number of halogens is 2. The maximum Gasteiger partial charge on any atom is 0.272 e. The van der Waals surface area contributed by atoms with Crippen molar-refractivity contribution in [3.63, 3.8) is 0 Å². The van der Waals surface area contributed by atoms with Crippen molar-refractivity contribution in [3.05, 3.63) is 102 Å². The summed E-state index contributed by atoms with van der Waals surface area (Å²) in [6.45, 7) is 3.84. The van der Waals surface area contributed by atoms with E-state index in [4.69, 9.17) is 0 Å². The quantitative estimate of drug-likeness (QED) is 0.217. The zero-order chi connectivity index (χ0) is 30.4. The Labute approximate surface area is 243 Å². The summed E-state index contributed by atoms with van der Waals surface area (Å²) in [5.74, 6) is -2.70. The highest BCUT2D eigenvalue weighted by molar-refractivity contribution is 6.11. The summed E-state index contributed by atoms with van der Waals surface area (Å²) in [6, 6.07) is 20.4. The Morgan fingerprint density at radius 3 is 1.98 bits per heavy atom. The van der Waals surface area contributed by atoms with E-state index in [0.717, 1.165) is 5.56 Å². The third kappa shape index (κ3) is 7.29. The third-order valence-corrected chi connectivity index (χ3v) is 7.00. The van der Waals surface area contributed by atoms with E-state index in [1.165, 1.54) is 36.4 Å². The number of hydrogen-bond acceptors (Lipinski definition) is 5. The zero-order valence-corrected chi connectivity index (χ0v) is 23.4. The number of hydrogen-bond donors (Lipinski definition) is 3. The maximum absolute atomic E-state index is 14.0. The molecule has 1 unspecified atom stereocenters. The number of aliphatic hydroxyl groups excluding tert-OH is 2. The second kappa shape index (κ2) is 13.5. The molecule has 42 heavy (non-hydrogen) atoms. The Bertz CT molecular complexity index is 1520. The van der Waals surface area contributed by atoms with Gasteiger partial charge >= 0.3 is 0 Å². The second-order valence-corrected chi connectivity index (χ2v) is 10.5. The largest absolute Gasteiger partial charge is 0.550 e. The van der Waals surface area contributed by atoms with Crippen molar-refractivity contribution in [2.75, 3.05) is 5.32 Å². The molecule has 1 aromatic heterocycles. The standard InChI is InChI=1S/C33H34F2N2O5/c1-20(2)37-28(17-16-26(38)18-27(39)19-29(40)41)30(22-8-10-23(34)11-9-22)31(21-6-4-3-5-7-21)32(37)33(42)36-25-14-12-24(35)13-15-25/h3-15,20,26-27,38-39H,16-19H2,1-2H3,(H,36,42)(H,40,41)/p-1/t26?,27-/m1/s1. The number of anilines is 1. The second-order valence-electron chi connectivity index (χ2n) is 10.5. The average Bonchev–Trinajstić information content (AvgIpc) is 3.29. The normalized spacial score (nSPS) is 12.7. The van der Waals surface area contributed by atoms with Crippen molar-refractivity contribution in [1.82, 2.24) is 4.57 Å². The number of amides is 1. The van der Waals surface area contributed by atoms with Gasteiger partial charge in [0.2, 0.25) is 0 Å². The van der Waals surface area contributed by atoms with Gasteiger partial charge in [-0.15, -0.1) is 0 Å². The van der Waals surface area contributed by atoms with E-state index in [2.05, 4.69) is 5.32 Å². The summed E-state index contributed by atoms with van der Waals surface area (Å²) in [4.78, 5) is 24.9. The first-order valence-corrected chi connectivity index (χ1v) is 13.8. The number of carbonyl (C=O) groups excluding carboxylic acids is 2. The van der Waals surface area contributed by atoms with Gasteiger partial charge in [-0.1, -0.05) is 42.5 Å². The Morgan fingerprint density at radius 2 is 1.40 bits per heavy atom. The summed E-state index contributed by atoms with van der Waals surface area (Å²) >= 11 is 0.